The maximum atomic E-state index is 9.98. The SMILES string of the molecule is CCCCCNCC(O)c1cc(Cl)ccc1Cl. The number of unbranched alkanes of at least 4 members (excludes halogenated alkanes) is 2. The second-order valence-corrected chi connectivity index (χ2v) is 4.94. The molecule has 0 aliphatic heterocycles. The Morgan fingerprint density at radius 1 is 1.29 bits per heavy atom. The lowest BCUT2D eigenvalue weighted by molar-refractivity contribution is 0.175. The zero-order chi connectivity index (χ0) is 12.7. The van der Waals surface area contributed by atoms with Gasteiger partial charge in [0, 0.05) is 22.2 Å². The lowest BCUT2D eigenvalue weighted by Crippen LogP contribution is -2.22. The topological polar surface area (TPSA) is 32.3 Å². The van der Waals surface area contributed by atoms with Crippen molar-refractivity contribution in [2.45, 2.75) is 32.3 Å². The van der Waals surface area contributed by atoms with Crippen molar-refractivity contribution >= 4 is 23.2 Å². The van der Waals surface area contributed by atoms with E-state index in [0.29, 0.717) is 22.2 Å². The summed E-state index contributed by atoms with van der Waals surface area (Å²) in [5.41, 5.74) is 0.683. The standard InChI is InChI=1S/C13H19Cl2NO/c1-2-3-4-7-16-9-13(17)11-8-10(14)5-6-12(11)15/h5-6,8,13,16-17H,2-4,7,9H2,1H3. The molecule has 2 nitrogen and oxygen atoms in total. The molecule has 0 heterocycles. The average Bonchev–Trinajstić information content (AvgIpc) is 2.32. The molecule has 0 aliphatic rings. The molecular weight excluding hydrogens is 257 g/mol. The van der Waals surface area contributed by atoms with Crippen molar-refractivity contribution in [1.82, 2.24) is 5.32 Å². The van der Waals surface area contributed by atoms with E-state index >= 15 is 0 Å². The maximum Gasteiger partial charge on any atom is 0.0929 e. The van der Waals surface area contributed by atoms with E-state index in [1.165, 1.54) is 12.8 Å². The lowest BCUT2D eigenvalue weighted by atomic mass is 10.1. The van der Waals surface area contributed by atoms with Crippen LogP contribution in [0, 0.1) is 0 Å². The molecule has 96 valence electrons. The number of halogens is 2. The van der Waals surface area contributed by atoms with Crippen molar-refractivity contribution in [1.29, 1.82) is 0 Å². The number of benzene rings is 1. The molecule has 2 N–H and O–H groups in total. The first kappa shape index (κ1) is 14.8. The average molecular weight is 276 g/mol. The van der Waals surface area contributed by atoms with Crippen molar-refractivity contribution < 1.29 is 5.11 Å². The van der Waals surface area contributed by atoms with Crippen LogP contribution in [0.2, 0.25) is 10.0 Å². The van der Waals surface area contributed by atoms with Gasteiger partial charge in [-0.2, -0.15) is 0 Å². The van der Waals surface area contributed by atoms with Gasteiger partial charge in [-0.15, -0.1) is 0 Å². The van der Waals surface area contributed by atoms with Gasteiger partial charge in [-0.25, -0.2) is 0 Å². The van der Waals surface area contributed by atoms with Crippen LogP contribution in [0.1, 0.15) is 37.9 Å². The maximum absolute atomic E-state index is 9.98. The van der Waals surface area contributed by atoms with E-state index in [0.717, 1.165) is 13.0 Å². The fourth-order valence-corrected chi connectivity index (χ4v) is 2.04. The Morgan fingerprint density at radius 2 is 2.06 bits per heavy atom. The highest BCUT2D eigenvalue weighted by Gasteiger charge is 2.11. The second kappa shape index (κ2) is 7.93. The van der Waals surface area contributed by atoms with Crippen LogP contribution < -0.4 is 5.32 Å². The molecule has 0 bridgehead atoms. The third kappa shape index (κ3) is 5.26. The number of hydrogen-bond donors (Lipinski definition) is 2. The predicted molar refractivity (Wildman–Crippen MR) is 73.8 cm³/mol. The third-order valence-corrected chi connectivity index (χ3v) is 3.19. The fraction of sp³-hybridized carbons (Fsp3) is 0.538. The van der Waals surface area contributed by atoms with Crippen molar-refractivity contribution in [3.8, 4) is 0 Å². The molecule has 0 amide bonds. The van der Waals surface area contributed by atoms with E-state index in [2.05, 4.69) is 12.2 Å². The third-order valence-electron chi connectivity index (χ3n) is 2.61. The fourth-order valence-electron chi connectivity index (χ4n) is 1.62. The van der Waals surface area contributed by atoms with Crippen molar-refractivity contribution in [3.05, 3.63) is 33.8 Å². The Bertz CT molecular complexity index is 344. The van der Waals surface area contributed by atoms with Gasteiger partial charge in [0.15, 0.2) is 0 Å². The van der Waals surface area contributed by atoms with Crippen LogP contribution in [-0.2, 0) is 0 Å². The van der Waals surface area contributed by atoms with Crippen LogP contribution in [0.25, 0.3) is 0 Å². The van der Waals surface area contributed by atoms with Gasteiger partial charge < -0.3 is 10.4 Å². The molecule has 1 atom stereocenters. The molecular formula is C13H19Cl2NO. The van der Waals surface area contributed by atoms with Crippen LogP contribution in [0.5, 0.6) is 0 Å². The molecule has 0 radical (unpaired) electrons. The summed E-state index contributed by atoms with van der Waals surface area (Å²) >= 11 is 11.9. The van der Waals surface area contributed by atoms with E-state index < -0.39 is 6.10 Å². The predicted octanol–water partition coefficient (Wildman–Crippen LogP) is 3.81. The van der Waals surface area contributed by atoms with Crippen LogP contribution in [0.4, 0.5) is 0 Å². The number of rotatable bonds is 7. The van der Waals surface area contributed by atoms with Crippen LogP contribution >= 0.6 is 23.2 Å². The molecule has 0 aromatic heterocycles. The first-order chi connectivity index (χ1) is 8.15. The van der Waals surface area contributed by atoms with E-state index in [9.17, 15) is 5.11 Å². The highest BCUT2D eigenvalue weighted by Crippen LogP contribution is 2.25. The van der Waals surface area contributed by atoms with Gasteiger partial charge in [0.1, 0.15) is 0 Å². The number of aliphatic hydroxyl groups excluding tert-OH is 1. The molecule has 0 aliphatic carbocycles. The minimum absolute atomic E-state index is 0.504. The molecule has 1 unspecified atom stereocenters. The lowest BCUT2D eigenvalue weighted by Gasteiger charge is -2.14. The van der Waals surface area contributed by atoms with Gasteiger partial charge in [-0.05, 0) is 31.2 Å². The van der Waals surface area contributed by atoms with E-state index in [1.54, 1.807) is 18.2 Å². The molecule has 0 spiro atoms. The van der Waals surface area contributed by atoms with Gasteiger partial charge in [-0.1, -0.05) is 43.0 Å². The molecule has 0 fully saturated rings. The highest BCUT2D eigenvalue weighted by atomic mass is 35.5. The number of aliphatic hydroxyl groups is 1. The summed E-state index contributed by atoms with van der Waals surface area (Å²) in [4.78, 5) is 0. The summed E-state index contributed by atoms with van der Waals surface area (Å²) in [5, 5.41) is 14.3. The quantitative estimate of drug-likeness (QED) is 0.742. The summed E-state index contributed by atoms with van der Waals surface area (Å²) in [7, 11) is 0. The normalized spacial score (nSPS) is 12.7. The Balaban J connectivity index is 2.41. The molecule has 1 aromatic carbocycles. The molecule has 0 saturated carbocycles. The van der Waals surface area contributed by atoms with Gasteiger partial charge in [0.05, 0.1) is 6.10 Å². The molecule has 0 saturated heterocycles. The first-order valence-corrected chi connectivity index (χ1v) is 6.74. The Labute approximate surface area is 113 Å². The monoisotopic (exact) mass is 275 g/mol. The summed E-state index contributed by atoms with van der Waals surface area (Å²) in [6, 6.07) is 5.14. The first-order valence-electron chi connectivity index (χ1n) is 5.99. The summed E-state index contributed by atoms with van der Waals surface area (Å²) in [5.74, 6) is 0. The second-order valence-electron chi connectivity index (χ2n) is 4.09. The van der Waals surface area contributed by atoms with Crippen molar-refractivity contribution in [2.75, 3.05) is 13.1 Å². The molecule has 17 heavy (non-hydrogen) atoms. The summed E-state index contributed by atoms with van der Waals surface area (Å²) < 4.78 is 0. The largest absolute Gasteiger partial charge is 0.387 e. The van der Waals surface area contributed by atoms with Gasteiger partial charge in [-0.3, -0.25) is 0 Å². The van der Waals surface area contributed by atoms with Crippen molar-refractivity contribution in [2.24, 2.45) is 0 Å². The van der Waals surface area contributed by atoms with E-state index in [1.807, 2.05) is 0 Å². The Hall–Kier alpha value is -0.280. The Morgan fingerprint density at radius 3 is 2.76 bits per heavy atom. The van der Waals surface area contributed by atoms with Crippen LogP contribution in [-0.4, -0.2) is 18.2 Å². The van der Waals surface area contributed by atoms with Crippen LogP contribution in [0.15, 0.2) is 18.2 Å². The zero-order valence-electron chi connectivity index (χ0n) is 10.0. The van der Waals surface area contributed by atoms with Crippen LogP contribution in [0.3, 0.4) is 0 Å². The van der Waals surface area contributed by atoms with E-state index in [4.69, 9.17) is 23.2 Å². The Kier molecular flexibility index (Phi) is 6.90. The minimum atomic E-state index is -0.608. The molecule has 1 rings (SSSR count). The zero-order valence-corrected chi connectivity index (χ0v) is 11.6. The number of nitrogens with one attached hydrogen (secondary N) is 1. The smallest absolute Gasteiger partial charge is 0.0929 e. The molecule has 4 heteroatoms. The van der Waals surface area contributed by atoms with Gasteiger partial charge in [0.25, 0.3) is 0 Å². The van der Waals surface area contributed by atoms with Crippen molar-refractivity contribution in [3.63, 3.8) is 0 Å². The van der Waals surface area contributed by atoms with E-state index in [-0.39, 0.29) is 0 Å². The summed E-state index contributed by atoms with van der Waals surface area (Å²) in [6.45, 7) is 3.59. The summed E-state index contributed by atoms with van der Waals surface area (Å²) in [6.07, 6.45) is 2.93. The molecule has 1 aromatic rings. The van der Waals surface area contributed by atoms with Gasteiger partial charge in [0.2, 0.25) is 0 Å². The van der Waals surface area contributed by atoms with Gasteiger partial charge >= 0.3 is 0 Å². The number of hydrogen-bond acceptors (Lipinski definition) is 2. The minimum Gasteiger partial charge on any atom is -0.387 e. The highest BCUT2D eigenvalue weighted by molar-refractivity contribution is 6.33.